The molecule has 0 radical (unpaired) electrons. The number of benzene rings is 3. The molecule has 18 heteroatoms. The highest BCUT2D eigenvalue weighted by Crippen LogP contribution is 2.24. The van der Waals surface area contributed by atoms with E-state index >= 15 is 8.78 Å². The smallest absolute Gasteiger partial charge is 0.335 e. The minimum atomic E-state index is -4.52. The predicted molar refractivity (Wildman–Crippen MR) is 192 cm³/mol. The van der Waals surface area contributed by atoms with Crippen LogP contribution in [0.15, 0.2) is 93.6 Å². The molecule has 5 aromatic rings. The molecule has 0 spiro atoms. The average Bonchev–Trinajstić information content (AvgIpc) is 3.14. The Kier molecular flexibility index (Phi) is 11.4. The summed E-state index contributed by atoms with van der Waals surface area (Å²) < 4.78 is 60.2. The van der Waals surface area contributed by atoms with Gasteiger partial charge in [-0.3, -0.25) is 28.7 Å². The van der Waals surface area contributed by atoms with Gasteiger partial charge in [-0.2, -0.15) is 0 Å². The Bertz CT molecular complexity index is 2490. The van der Waals surface area contributed by atoms with Crippen molar-refractivity contribution in [3.05, 3.63) is 128 Å². The number of carboxylic acids is 1. The van der Waals surface area contributed by atoms with E-state index in [1.165, 1.54) is 66.5 Å². The Hall–Kier alpha value is -6.27. The number of amides is 2. The first kappa shape index (κ1) is 38.9. The Morgan fingerprint density at radius 3 is 2.19 bits per heavy atom. The zero-order valence-corrected chi connectivity index (χ0v) is 29.7. The first-order valence-corrected chi connectivity index (χ1v) is 17.7. The van der Waals surface area contributed by atoms with E-state index in [0.717, 1.165) is 16.7 Å². The summed E-state index contributed by atoms with van der Waals surface area (Å²) in [5.74, 6) is -6.17. The number of carbonyl (C=O) groups is 3. The summed E-state index contributed by atoms with van der Waals surface area (Å²) in [4.78, 5) is 67.1. The fourth-order valence-electron chi connectivity index (χ4n) is 5.44. The lowest BCUT2D eigenvalue weighted by atomic mass is 10.0. The van der Waals surface area contributed by atoms with E-state index in [-0.39, 0.29) is 35.6 Å². The van der Waals surface area contributed by atoms with E-state index in [2.05, 4.69) is 15.6 Å². The number of anilines is 1. The monoisotopic (exact) mass is 764 g/mol. The van der Waals surface area contributed by atoms with Crippen molar-refractivity contribution in [2.45, 2.75) is 37.2 Å². The summed E-state index contributed by atoms with van der Waals surface area (Å²) in [7, 11) is -3.04. The topological polar surface area (TPSA) is 219 Å². The third kappa shape index (κ3) is 8.18. The lowest BCUT2D eigenvalue weighted by Gasteiger charge is -2.20. The molecular formula is C36H34F2N6O9S. The van der Waals surface area contributed by atoms with Crippen LogP contribution in [0, 0.1) is 17.6 Å². The largest absolute Gasteiger partial charge is 0.480 e. The molecule has 2 aromatic heterocycles. The molecule has 2 atom stereocenters. The summed E-state index contributed by atoms with van der Waals surface area (Å²) >= 11 is 0. The number of aliphatic hydroxyl groups excluding tert-OH is 1. The SMILES string of the molecule is CC(C)[C@@H](CO)NC(=O)c1ccc(S(=O)(=O)Nc2cc(F)c(C(=O)N[C@@H](Cc3ccc(-n4c(=O)c5ccncc5n(C)c4=O)cc3)C(=O)O)cc2F)cc1. The van der Waals surface area contributed by atoms with E-state index in [0.29, 0.717) is 23.2 Å². The molecular weight excluding hydrogens is 730 g/mol. The van der Waals surface area contributed by atoms with Crippen LogP contribution in [0.5, 0.6) is 0 Å². The molecule has 5 N–H and O–H groups in total. The van der Waals surface area contributed by atoms with Crippen LogP contribution < -0.4 is 26.6 Å². The lowest BCUT2D eigenvalue weighted by molar-refractivity contribution is -0.139. The number of halogens is 2. The van der Waals surface area contributed by atoms with Crippen molar-refractivity contribution in [1.82, 2.24) is 24.8 Å². The lowest BCUT2D eigenvalue weighted by Crippen LogP contribution is -2.42. The van der Waals surface area contributed by atoms with Gasteiger partial charge in [0.15, 0.2) is 0 Å². The number of carboxylic acid groups (broad SMARTS) is 1. The van der Waals surface area contributed by atoms with Gasteiger partial charge < -0.3 is 20.8 Å². The van der Waals surface area contributed by atoms with Gasteiger partial charge in [-0.15, -0.1) is 0 Å². The quantitative estimate of drug-likeness (QED) is 0.118. The minimum absolute atomic E-state index is 0.0756. The number of fused-ring (bicyclic) bond motifs is 1. The summed E-state index contributed by atoms with van der Waals surface area (Å²) in [6.07, 6.45) is 2.46. The van der Waals surface area contributed by atoms with Gasteiger partial charge in [0.2, 0.25) is 0 Å². The molecule has 2 heterocycles. The fourth-order valence-corrected chi connectivity index (χ4v) is 6.50. The molecule has 54 heavy (non-hydrogen) atoms. The number of sulfonamides is 1. The maximum atomic E-state index is 15.1. The van der Waals surface area contributed by atoms with Crippen molar-refractivity contribution in [3.8, 4) is 5.69 Å². The van der Waals surface area contributed by atoms with Crippen molar-refractivity contribution in [1.29, 1.82) is 0 Å². The molecule has 2 amide bonds. The van der Waals surface area contributed by atoms with Gasteiger partial charge in [-0.05, 0) is 60.0 Å². The maximum absolute atomic E-state index is 15.1. The van der Waals surface area contributed by atoms with Crippen LogP contribution >= 0.6 is 0 Å². The third-order valence-corrected chi connectivity index (χ3v) is 9.98. The molecule has 0 aliphatic carbocycles. The first-order chi connectivity index (χ1) is 25.5. The van der Waals surface area contributed by atoms with Crippen LogP contribution in [-0.4, -0.2) is 69.2 Å². The number of hydrogen-bond donors (Lipinski definition) is 5. The number of carbonyl (C=O) groups excluding carboxylic acids is 2. The molecule has 282 valence electrons. The van der Waals surface area contributed by atoms with Crippen LogP contribution in [0.1, 0.15) is 40.1 Å². The Morgan fingerprint density at radius 2 is 1.57 bits per heavy atom. The molecule has 15 nitrogen and oxygen atoms in total. The van der Waals surface area contributed by atoms with Crippen molar-refractivity contribution < 1.29 is 41.8 Å². The van der Waals surface area contributed by atoms with E-state index in [9.17, 15) is 42.6 Å². The number of hydrogen-bond acceptors (Lipinski definition) is 9. The highest BCUT2D eigenvalue weighted by Gasteiger charge is 2.26. The Labute approximate surface area is 306 Å². The summed E-state index contributed by atoms with van der Waals surface area (Å²) in [5.41, 5.74) is -2.05. The maximum Gasteiger partial charge on any atom is 0.335 e. The molecule has 0 bridgehead atoms. The number of nitrogens with one attached hydrogen (secondary N) is 3. The van der Waals surface area contributed by atoms with Crippen LogP contribution in [0.2, 0.25) is 0 Å². The van der Waals surface area contributed by atoms with Crippen molar-refractivity contribution in [2.75, 3.05) is 11.3 Å². The first-order valence-electron chi connectivity index (χ1n) is 16.2. The van der Waals surface area contributed by atoms with E-state index in [1.54, 1.807) is 13.8 Å². The fraction of sp³-hybridized carbons (Fsp3) is 0.222. The van der Waals surface area contributed by atoms with Gasteiger partial charge in [0, 0.05) is 31.3 Å². The van der Waals surface area contributed by atoms with Crippen molar-refractivity contribution in [3.63, 3.8) is 0 Å². The number of aromatic nitrogens is 3. The molecule has 0 saturated heterocycles. The van der Waals surface area contributed by atoms with Crippen molar-refractivity contribution >= 4 is 44.4 Å². The number of pyridine rings is 1. The van der Waals surface area contributed by atoms with Gasteiger partial charge >= 0.3 is 11.7 Å². The van der Waals surface area contributed by atoms with Crippen molar-refractivity contribution in [2.24, 2.45) is 13.0 Å². The normalized spacial score (nSPS) is 12.6. The summed E-state index contributed by atoms with van der Waals surface area (Å²) in [5, 5.41) is 24.2. The molecule has 0 aliphatic rings. The summed E-state index contributed by atoms with van der Waals surface area (Å²) in [6, 6.07) is 10.3. The standard InChI is InChI=1S/C36H34F2N6O9S/c1-19(2)30(18-45)41-32(46)21-6-10-23(11-7-21)54(52,53)42-28-16-26(37)25(15-27(28)38)33(47)40-29(35(49)50)14-20-4-8-22(9-5-20)44-34(48)24-12-13-39-17-31(24)43(3)36(44)51/h4-13,15-17,19,29-30,42,45H,14,18H2,1-3H3,(H,40,47)(H,41,46)(H,49,50)/t29-,30+/m0/s1. The minimum Gasteiger partial charge on any atom is -0.480 e. The second kappa shape index (κ2) is 15.8. The Balaban J connectivity index is 1.28. The van der Waals surface area contributed by atoms with E-state index in [4.69, 9.17) is 0 Å². The van der Waals surface area contributed by atoms with Gasteiger partial charge in [-0.1, -0.05) is 26.0 Å². The second-order valence-corrected chi connectivity index (χ2v) is 14.2. The van der Waals surface area contributed by atoms with Gasteiger partial charge in [0.25, 0.3) is 27.4 Å². The van der Waals surface area contributed by atoms with E-state index < -0.39 is 78.9 Å². The average molecular weight is 765 g/mol. The van der Waals surface area contributed by atoms with Gasteiger partial charge in [0.05, 0.1) is 51.6 Å². The zero-order chi connectivity index (χ0) is 39.5. The Morgan fingerprint density at radius 1 is 0.907 bits per heavy atom. The molecule has 0 fully saturated rings. The molecule has 0 unspecified atom stereocenters. The van der Waals surface area contributed by atoms with Crippen LogP contribution in [0.3, 0.4) is 0 Å². The predicted octanol–water partition coefficient (Wildman–Crippen LogP) is 2.34. The number of aliphatic hydroxyl groups is 1. The van der Waals surface area contributed by atoms with E-state index in [1.807, 2.05) is 4.72 Å². The van der Waals surface area contributed by atoms with Gasteiger partial charge in [-0.25, -0.2) is 31.4 Å². The highest BCUT2D eigenvalue weighted by molar-refractivity contribution is 7.92. The zero-order valence-electron chi connectivity index (χ0n) is 28.9. The molecule has 0 aliphatic heterocycles. The third-order valence-electron chi connectivity index (χ3n) is 8.60. The molecule has 0 saturated carbocycles. The molecule has 5 rings (SSSR count). The number of nitrogens with zero attached hydrogens (tertiary/aromatic N) is 3. The summed E-state index contributed by atoms with van der Waals surface area (Å²) in [6.45, 7) is 3.28. The highest BCUT2D eigenvalue weighted by atomic mass is 32.2. The van der Waals surface area contributed by atoms with Crippen LogP contribution in [0.25, 0.3) is 16.6 Å². The second-order valence-electron chi connectivity index (χ2n) is 12.6. The number of aryl methyl sites for hydroxylation is 1. The number of rotatable bonds is 13. The van der Waals surface area contributed by atoms with Crippen LogP contribution in [-0.2, 0) is 28.3 Å². The number of aliphatic carboxylic acids is 1. The molecule has 3 aromatic carbocycles. The van der Waals surface area contributed by atoms with Gasteiger partial charge in [0.1, 0.15) is 17.7 Å². The van der Waals surface area contributed by atoms with Crippen LogP contribution in [0.4, 0.5) is 14.5 Å².